The van der Waals surface area contributed by atoms with E-state index in [-0.39, 0.29) is 0 Å². The summed E-state index contributed by atoms with van der Waals surface area (Å²) in [6.07, 6.45) is 4.63. The molecule has 1 aliphatic rings. The Balaban J connectivity index is 2.04. The average molecular weight is 292 g/mol. The predicted octanol–water partition coefficient (Wildman–Crippen LogP) is 2.60. The topological polar surface area (TPSA) is 65.0 Å². The molecule has 0 aromatic heterocycles. The first-order valence-corrected chi connectivity index (χ1v) is 6.98. The van der Waals surface area contributed by atoms with Crippen molar-refractivity contribution >= 4 is 12.0 Å². The van der Waals surface area contributed by atoms with Crippen LogP contribution in [-0.2, 0) is 9.53 Å². The second-order valence-electron chi connectivity index (χ2n) is 4.95. The molecule has 0 atom stereocenters. The molecule has 1 aliphatic heterocycles. The number of hydrogen-bond donors (Lipinski definition) is 1. The molecular weight excluding hydrogens is 272 g/mol. The standard InChI is InChI=1S/C16H20O5/c1-19-14-4-2-12(3-5-16(17)18)10-15(14)21-11-13-6-8-20-9-7-13/h2-5,10,13H,6-9,11H2,1H3,(H,17,18). The van der Waals surface area contributed by atoms with Gasteiger partial charge in [0.15, 0.2) is 11.5 Å². The molecule has 0 saturated carbocycles. The Bertz CT molecular complexity index is 503. The van der Waals surface area contributed by atoms with Crippen molar-refractivity contribution < 1.29 is 24.1 Å². The number of rotatable bonds is 6. The first kappa shape index (κ1) is 15.4. The maximum absolute atomic E-state index is 10.6. The van der Waals surface area contributed by atoms with Crippen LogP contribution in [0.2, 0.25) is 0 Å². The lowest BCUT2D eigenvalue weighted by atomic mass is 10.0. The van der Waals surface area contributed by atoms with Gasteiger partial charge in [0, 0.05) is 19.3 Å². The van der Waals surface area contributed by atoms with Crippen molar-refractivity contribution in [3.05, 3.63) is 29.8 Å². The third-order valence-electron chi connectivity index (χ3n) is 3.42. The van der Waals surface area contributed by atoms with Gasteiger partial charge >= 0.3 is 5.97 Å². The van der Waals surface area contributed by atoms with Crippen LogP contribution in [-0.4, -0.2) is 38.0 Å². The van der Waals surface area contributed by atoms with Crippen molar-refractivity contribution in [2.75, 3.05) is 26.9 Å². The molecule has 2 rings (SSSR count). The van der Waals surface area contributed by atoms with Gasteiger partial charge in [-0.3, -0.25) is 0 Å². The third-order valence-corrected chi connectivity index (χ3v) is 3.42. The van der Waals surface area contributed by atoms with Crippen LogP contribution in [0, 0.1) is 5.92 Å². The molecule has 5 nitrogen and oxygen atoms in total. The van der Waals surface area contributed by atoms with Crippen molar-refractivity contribution in [1.29, 1.82) is 0 Å². The molecule has 0 spiro atoms. The molecular formula is C16H20O5. The summed E-state index contributed by atoms with van der Waals surface area (Å²) in [5.74, 6) is 0.795. The van der Waals surface area contributed by atoms with Crippen LogP contribution in [0.5, 0.6) is 11.5 Å². The molecule has 0 unspecified atom stereocenters. The van der Waals surface area contributed by atoms with Crippen LogP contribution in [0.1, 0.15) is 18.4 Å². The number of carbonyl (C=O) groups is 1. The molecule has 0 bridgehead atoms. The second-order valence-corrected chi connectivity index (χ2v) is 4.95. The van der Waals surface area contributed by atoms with Crippen molar-refractivity contribution in [2.24, 2.45) is 5.92 Å². The zero-order valence-electron chi connectivity index (χ0n) is 12.1. The average Bonchev–Trinajstić information content (AvgIpc) is 2.52. The zero-order valence-corrected chi connectivity index (χ0v) is 12.1. The number of benzene rings is 1. The minimum atomic E-state index is -0.976. The Kier molecular flexibility index (Phi) is 5.63. The molecule has 1 saturated heterocycles. The summed E-state index contributed by atoms with van der Waals surface area (Å²) in [5.41, 5.74) is 0.764. The zero-order chi connectivity index (χ0) is 15.1. The number of methoxy groups -OCH3 is 1. The first-order valence-electron chi connectivity index (χ1n) is 6.98. The minimum absolute atomic E-state index is 0.488. The molecule has 1 fully saturated rings. The molecule has 1 aromatic carbocycles. The lowest BCUT2D eigenvalue weighted by molar-refractivity contribution is -0.131. The van der Waals surface area contributed by atoms with E-state index in [2.05, 4.69) is 0 Å². The summed E-state index contributed by atoms with van der Waals surface area (Å²) >= 11 is 0. The maximum atomic E-state index is 10.6. The summed E-state index contributed by atoms with van der Waals surface area (Å²) < 4.78 is 16.5. The van der Waals surface area contributed by atoms with Crippen molar-refractivity contribution in [2.45, 2.75) is 12.8 Å². The number of ether oxygens (including phenoxy) is 3. The van der Waals surface area contributed by atoms with Crippen LogP contribution in [0.4, 0.5) is 0 Å². The molecule has 0 radical (unpaired) electrons. The smallest absolute Gasteiger partial charge is 0.328 e. The highest BCUT2D eigenvalue weighted by Gasteiger charge is 2.15. The Morgan fingerprint density at radius 3 is 2.81 bits per heavy atom. The Morgan fingerprint density at radius 2 is 2.14 bits per heavy atom. The normalized spacial score (nSPS) is 16.0. The van der Waals surface area contributed by atoms with Crippen LogP contribution in [0.3, 0.4) is 0 Å². The van der Waals surface area contributed by atoms with E-state index in [4.69, 9.17) is 19.3 Å². The highest BCUT2D eigenvalue weighted by atomic mass is 16.5. The van der Waals surface area contributed by atoms with Gasteiger partial charge in [-0.15, -0.1) is 0 Å². The Hall–Kier alpha value is -2.01. The Labute approximate surface area is 124 Å². The van der Waals surface area contributed by atoms with E-state index < -0.39 is 5.97 Å². The van der Waals surface area contributed by atoms with E-state index in [0.717, 1.165) is 37.7 Å². The van der Waals surface area contributed by atoms with Crippen LogP contribution in [0.25, 0.3) is 6.08 Å². The third kappa shape index (κ3) is 4.79. The van der Waals surface area contributed by atoms with Crippen LogP contribution >= 0.6 is 0 Å². The quantitative estimate of drug-likeness (QED) is 0.816. The summed E-state index contributed by atoms with van der Waals surface area (Å²) in [6.45, 7) is 2.19. The lowest BCUT2D eigenvalue weighted by Gasteiger charge is -2.22. The van der Waals surface area contributed by atoms with Gasteiger partial charge in [-0.1, -0.05) is 6.07 Å². The van der Waals surface area contributed by atoms with Gasteiger partial charge in [-0.25, -0.2) is 4.79 Å². The molecule has 0 aliphatic carbocycles. The molecule has 1 N–H and O–H groups in total. The van der Waals surface area contributed by atoms with E-state index >= 15 is 0 Å². The summed E-state index contributed by atoms with van der Waals surface area (Å²) in [7, 11) is 1.59. The van der Waals surface area contributed by atoms with Gasteiger partial charge in [0.25, 0.3) is 0 Å². The fourth-order valence-electron chi connectivity index (χ4n) is 2.20. The second kappa shape index (κ2) is 7.69. The van der Waals surface area contributed by atoms with Crippen molar-refractivity contribution in [1.82, 2.24) is 0 Å². The van der Waals surface area contributed by atoms with Crippen molar-refractivity contribution in [3.8, 4) is 11.5 Å². The molecule has 5 heteroatoms. The van der Waals surface area contributed by atoms with Gasteiger partial charge in [0.05, 0.1) is 13.7 Å². The monoisotopic (exact) mass is 292 g/mol. The van der Waals surface area contributed by atoms with Gasteiger partial charge < -0.3 is 19.3 Å². The molecule has 114 valence electrons. The van der Waals surface area contributed by atoms with E-state index in [1.165, 1.54) is 6.08 Å². The van der Waals surface area contributed by atoms with Gasteiger partial charge in [-0.05, 0) is 42.5 Å². The molecule has 21 heavy (non-hydrogen) atoms. The molecule has 1 heterocycles. The van der Waals surface area contributed by atoms with E-state index in [1.807, 2.05) is 0 Å². The fraction of sp³-hybridized carbons (Fsp3) is 0.438. The van der Waals surface area contributed by atoms with E-state index in [1.54, 1.807) is 25.3 Å². The van der Waals surface area contributed by atoms with Gasteiger partial charge in [0.1, 0.15) is 0 Å². The molecule has 1 aromatic rings. The van der Waals surface area contributed by atoms with E-state index in [0.29, 0.717) is 24.0 Å². The fourth-order valence-corrected chi connectivity index (χ4v) is 2.20. The summed E-state index contributed by atoms with van der Waals surface area (Å²) in [4.78, 5) is 10.6. The SMILES string of the molecule is COc1ccc(C=CC(=O)O)cc1OCC1CCOCC1. The first-order chi connectivity index (χ1) is 10.2. The van der Waals surface area contributed by atoms with E-state index in [9.17, 15) is 4.79 Å². The number of carboxylic acid groups (broad SMARTS) is 1. The number of carboxylic acids is 1. The maximum Gasteiger partial charge on any atom is 0.328 e. The summed E-state index contributed by atoms with van der Waals surface area (Å²) in [6, 6.07) is 5.36. The Morgan fingerprint density at radius 1 is 1.38 bits per heavy atom. The van der Waals surface area contributed by atoms with Crippen LogP contribution < -0.4 is 9.47 Å². The predicted molar refractivity (Wildman–Crippen MR) is 78.7 cm³/mol. The van der Waals surface area contributed by atoms with Gasteiger partial charge in [-0.2, -0.15) is 0 Å². The highest BCUT2D eigenvalue weighted by Crippen LogP contribution is 2.29. The molecule has 0 amide bonds. The largest absolute Gasteiger partial charge is 0.493 e. The lowest BCUT2D eigenvalue weighted by Crippen LogP contribution is -2.21. The minimum Gasteiger partial charge on any atom is -0.493 e. The number of hydrogen-bond acceptors (Lipinski definition) is 4. The van der Waals surface area contributed by atoms with Crippen molar-refractivity contribution in [3.63, 3.8) is 0 Å². The summed E-state index contributed by atoms with van der Waals surface area (Å²) in [5, 5.41) is 8.66. The van der Waals surface area contributed by atoms with Gasteiger partial charge in [0.2, 0.25) is 0 Å². The van der Waals surface area contributed by atoms with Crippen LogP contribution in [0.15, 0.2) is 24.3 Å². The number of aliphatic carboxylic acids is 1. The highest BCUT2D eigenvalue weighted by molar-refractivity contribution is 5.85.